The van der Waals surface area contributed by atoms with Crippen molar-refractivity contribution in [3.63, 3.8) is 0 Å². The monoisotopic (exact) mass is 352 g/mol. The van der Waals surface area contributed by atoms with E-state index in [1.807, 2.05) is 36.1 Å². The molecule has 1 fully saturated rings. The number of rotatable bonds is 3. The van der Waals surface area contributed by atoms with Crippen molar-refractivity contribution in [1.29, 1.82) is 0 Å². The van der Waals surface area contributed by atoms with Gasteiger partial charge < -0.3 is 15.2 Å². The Kier molecular flexibility index (Phi) is 3.97. The molecule has 4 nitrogen and oxygen atoms in total. The number of benzene rings is 1. The van der Waals surface area contributed by atoms with Crippen molar-refractivity contribution in [2.24, 2.45) is 0 Å². The summed E-state index contributed by atoms with van der Waals surface area (Å²) in [5.41, 5.74) is 3.86. The lowest BCUT2D eigenvalue weighted by molar-refractivity contribution is 0.557. The topological polar surface area (TPSA) is 44.0 Å². The van der Waals surface area contributed by atoms with Crippen LogP contribution in [0.5, 0.6) is 0 Å². The second kappa shape index (κ2) is 6.29. The summed E-state index contributed by atoms with van der Waals surface area (Å²) in [7, 11) is 0. The van der Waals surface area contributed by atoms with Crippen molar-refractivity contribution in [1.82, 2.24) is 15.3 Å². The first-order valence-electron chi connectivity index (χ1n) is 8.05. The summed E-state index contributed by atoms with van der Waals surface area (Å²) in [5.74, 6) is -0.268. The Morgan fingerprint density at radius 2 is 1.88 bits per heavy atom. The SMILES string of the molecule is Cc1ccc([C@@H]2[C@H](c3ccccn3)NC(=S)N2c2ccc(F)cc2)[nH]1. The highest BCUT2D eigenvalue weighted by molar-refractivity contribution is 7.80. The molecule has 1 aliphatic heterocycles. The number of H-pyrrole nitrogens is 1. The van der Waals surface area contributed by atoms with Gasteiger partial charge in [-0.1, -0.05) is 6.07 Å². The molecule has 0 amide bonds. The Morgan fingerprint density at radius 1 is 1.08 bits per heavy atom. The maximum absolute atomic E-state index is 13.4. The summed E-state index contributed by atoms with van der Waals surface area (Å²) in [6.07, 6.45) is 1.78. The molecule has 2 aromatic heterocycles. The number of aromatic nitrogens is 2. The van der Waals surface area contributed by atoms with Crippen LogP contribution >= 0.6 is 12.2 Å². The zero-order chi connectivity index (χ0) is 17.4. The Hall–Kier alpha value is -2.73. The predicted molar refractivity (Wildman–Crippen MR) is 99.9 cm³/mol. The van der Waals surface area contributed by atoms with E-state index in [1.54, 1.807) is 18.3 Å². The van der Waals surface area contributed by atoms with Crippen LogP contribution in [0.2, 0.25) is 0 Å². The van der Waals surface area contributed by atoms with Crippen LogP contribution in [-0.4, -0.2) is 15.1 Å². The van der Waals surface area contributed by atoms with Gasteiger partial charge in [0.15, 0.2) is 5.11 Å². The highest BCUT2D eigenvalue weighted by Crippen LogP contribution is 2.40. The number of halogens is 1. The second-order valence-electron chi connectivity index (χ2n) is 6.07. The van der Waals surface area contributed by atoms with Gasteiger partial charge in [0.1, 0.15) is 11.9 Å². The van der Waals surface area contributed by atoms with Crippen LogP contribution in [0.15, 0.2) is 60.8 Å². The highest BCUT2D eigenvalue weighted by atomic mass is 32.1. The zero-order valence-electron chi connectivity index (χ0n) is 13.6. The predicted octanol–water partition coefficient (Wildman–Crippen LogP) is 4.03. The third-order valence-electron chi connectivity index (χ3n) is 4.38. The molecule has 0 aliphatic carbocycles. The van der Waals surface area contributed by atoms with Gasteiger partial charge in [0.2, 0.25) is 0 Å². The Balaban J connectivity index is 1.81. The van der Waals surface area contributed by atoms with Crippen molar-refractivity contribution in [2.75, 3.05) is 4.90 Å². The van der Waals surface area contributed by atoms with E-state index in [4.69, 9.17) is 12.2 Å². The molecule has 2 N–H and O–H groups in total. The summed E-state index contributed by atoms with van der Waals surface area (Å²) in [6.45, 7) is 2.02. The van der Waals surface area contributed by atoms with Gasteiger partial charge in [-0.25, -0.2) is 4.39 Å². The van der Waals surface area contributed by atoms with Crippen molar-refractivity contribution in [2.45, 2.75) is 19.0 Å². The number of hydrogen-bond donors (Lipinski definition) is 2. The van der Waals surface area contributed by atoms with E-state index < -0.39 is 0 Å². The summed E-state index contributed by atoms with van der Waals surface area (Å²) in [4.78, 5) is 9.92. The van der Waals surface area contributed by atoms with Crippen LogP contribution in [0.3, 0.4) is 0 Å². The van der Waals surface area contributed by atoms with E-state index >= 15 is 0 Å². The molecule has 0 radical (unpaired) electrons. The van der Waals surface area contributed by atoms with E-state index in [-0.39, 0.29) is 17.9 Å². The number of anilines is 1. The molecule has 0 bridgehead atoms. The van der Waals surface area contributed by atoms with Gasteiger partial charge >= 0.3 is 0 Å². The van der Waals surface area contributed by atoms with E-state index in [2.05, 4.69) is 21.4 Å². The van der Waals surface area contributed by atoms with Crippen LogP contribution in [-0.2, 0) is 0 Å². The minimum Gasteiger partial charge on any atom is -0.361 e. The van der Waals surface area contributed by atoms with E-state index in [1.165, 1.54) is 12.1 Å². The highest BCUT2D eigenvalue weighted by Gasteiger charge is 2.41. The third kappa shape index (κ3) is 2.89. The molecular formula is C19H17FN4S. The second-order valence-corrected chi connectivity index (χ2v) is 6.46. The van der Waals surface area contributed by atoms with E-state index in [0.29, 0.717) is 5.11 Å². The first kappa shape index (κ1) is 15.8. The average molecular weight is 352 g/mol. The summed E-state index contributed by atoms with van der Waals surface area (Å²) in [5, 5.41) is 3.97. The quantitative estimate of drug-likeness (QED) is 0.699. The van der Waals surface area contributed by atoms with Gasteiger partial charge in [0, 0.05) is 23.3 Å². The number of thiocarbonyl (C=S) groups is 1. The molecule has 6 heteroatoms. The van der Waals surface area contributed by atoms with E-state index in [9.17, 15) is 4.39 Å². The van der Waals surface area contributed by atoms with Gasteiger partial charge in [0.05, 0.1) is 11.7 Å². The Bertz CT molecular complexity index is 891. The lowest BCUT2D eigenvalue weighted by Crippen LogP contribution is -2.29. The van der Waals surface area contributed by atoms with Gasteiger partial charge in [-0.3, -0.25) is 4.98 Å². The van der Waals surface area contributed by atoms with Crippen LogP contribution in [0.1, 0.15) is 29.2 Å². The molecule has 3 aromatic rings. The van der Waals surface area contributed by atoms with E-state index in [0.717, 1.165) is 22.8 Å². The maximum Gasteiger partial charge on any atom is 0.174 e. The molecule has 0 saturated carbocycles. The first-order valence-corrected chi connectivity index (χ1v) is 8.46. The van der Waals surface area contributed by atoms with Crippen LogP contribution in [0.4, 0.5) is 10.1 Å². The molecule has 1 aliphatic rings. The number of aryl methyl sites for hydroxylation is 1. The third-order valence-corrected chi connectivity index (χ3v) is 4.69. The van der Waals surface area contributed by atoms with Gasteiger partial charge in [-0.15, -0.1) is 0 Å². The zero-order valence-corrected chi connectivity index (χ0v) is 14.4. The first-order chi connectivity index (χ1) is 12.1. The molecule has 1 aromatic carbocycles. The van der Waals surface area contributed by atoms with Gasteiger partial charge in [-0.05, 0) is 67.7 Å². The fourth-order valence-electron chi connectivity index (χ4n) is 3.25. The molecule has 25 heavy (non-hydrogen) atoms. The minimum absolute atomic E-state index is 0.0958. The lowest BCUT2D eigenvalue weighted by Gasteiger charge is -2.27. The molecule has 1 saturated heterocycles. The minimum atomic E-state index is -0.268. The average Bonchev–Trinajstić information content (AvgIpc) is 3.20. The fourth-order valence-corrected chi connectivity index (χ4v) is 3.59. The molecule has 4 rings (SSSR count). The molecule has 2 atom stereocenters. The number of nitrogens with one attached hydrogen (secondary N) is 2. The molecule has 126 valence electrons. The number of hydrogen-bond acceptors (Lipinski definition) is 2. The number of pyridine rings is 1. The normalized spacial score (nSPS) is 19.9. The number of aromatic amines is 1. The summed E-state index contributed by atoms with van der Waals surface area (Å²) >= 11 is 5.60. The van der Waals surface area contributed by atoms with Gasteiger partial charge in [0.25, 0.3) is 0 Å². The largest absolute Gasteiger partial charge is 0.361 e. The van der Waals surface area contributed by atoms with Crippen molar-refractivity contribution < 1.29 is 4.39 Å². The summed E-state index contributed by atoms with van der Waals surface area (Å²) < 4.78 is 13.4. The Morgan fingerprint density at radius 3 is 2.52 bits per heavy atom. The maximum atomic E-state index is 13.4. The van der Waals surface area contributed by atoms with Crippen molar-refractivity contribution >= 4 is 23.0 Å². The van der Waals surface area contributed by atoms with Gasteiger partial charge in [-0.2, -0.15) is 0 Å². The molecule has 0 unspecified atom stereocenters. The number of nitrogens with zero attached hydrogens (tertiary/aromatic N) is 2. The fraction of sp³-hybridized carbons (Fsp3) is 0.158. The van der Waals surface area contributed by atoms with Crippen LogP contribution in [0, 0.1) is 12.7 Å². The lowest BCUT2D eigenvalue weighted by atomic mass is 10.0. The van der Waals surface area contributed by atoms with Crippen molar-refractivity contribution in [3.05, 3.63) is 83.7 Å². The Labute approximate surface area is 150 Å². The molecule has 0 spiro atoms. The molecule has 3 heterocycles. The molecular weight excluding hydrogens is 335 g/mol. The van der Waals surface area contributed by atoms with Crippen molar-refractivity contribution in [3.8, 4) is 0 Å². The van der Waals surface area contributed by atoms with Crippen LogP contribution < -0.4 is 10.2 Å². The van der Waals surface area contributed by atoms with Crippen LogP contribution in [0.25, 0.3) is 0 Å². The standard InChI is InChI=1S/C19H17FN4S/c1-12-5-10-16(22-12)18-17(15-4-2-3-11-21-15)23-19(25)24(18)14-8-6-13(20)7-9-14/h2-11,17-18,22H,1H3,(H,23,25)/t17-,18+/m0/s1. The summed E-state index contributed by atoms with van der Waals surface area (Å²) in [6, 6.07) is 16.1. The smallest absolute Gasteiger partial charge is 0.174 e.